The summed E-state index contributed by atoms with van der Waals surface area (Å²) in [5, 5.41) is 11.2. The van der Waals surface area contributed by atoms with Gasteiger partial charge >= 0.3 is 5.69 Å². The van der Waals surface area contributed by atoms with Gasteiger partial charge in [-0.3, -0.25) is 21.0 Å². The van der Waals surface area contributed by atoms with Crippen LogP contribution in [0.4, 0.5) is 23.0 Å². The van der Waals surface area contributed by atoms with Crippen molar-refractivity contribution in [2.24, 2.45) is 0 Å². The number of aromatic nitrogens is 2. The van der Waals surface area contributed by atoms with E-state index in [1.165, 1.54) is 6.33 Å². The van der Waals surface area contributed by atoms with Gasteiger partial charge in [0.15, 0.2) is 0 Å². The van der Waals surface area contributed by atoms with E-state index in [1.54, 1.807) is 19.0 Å². The van der Waals surface area contributed by atoms with E-state index < -0.39 is 4.92 Å². The molecule has 0 atom stereocenters. The maximum absolute atomic E-state index is 11.2. The number of benzene rings is 1. The Morgan fingerprint density at radius 3 is 2.45 bits per heavy atom. The SMILES string of the molecule is CN(C)c1ncnc(NNc2ccccc2)c1[N+](=O)[O-]. The van der Waals surface area contributed by atoms with E-state index in [9.17, 15) is 10.1 Å². The Labute approximate surface area is 115 Å². The standard InChI is InChI=1S/C12H14N6O2/c1-17(2)12-10(18(19)20)11(13-8-14-12)16-15-9-6-4-3-5-7-9/h3-8,15H,1-2H3,(H,13,14,16). The normalized spacial score (nSPS) is 9.90. The lowest BCUT2D eigenvalue weighted by Crippen LogP contribution is -2.17. The van der Waals surface area contributed by atoms with E-state index in [4.69, 9.17) is 0 Å². The molecule has 0 radical (unpaired) electrons. The second-order valence-electron chi connectivity index (χ2n) is 4.16. The molecule has 0 aliphatic carbocycles. The van der Waals surface area contributed by atoms with Crippen LogP contribution in [0.2, 0.25) is 0 Å². The largest absolute Gasteiger partial charge is 0.357 e. The van der Waals surface area contributed by atoms with Gasteiger partial charge in [0.1, 0.15) is 6.33 Å². The van der Waals surface area contributed by atoms with E-state index in [2.05, 4.69) is 20.8 Å². The van der Waals surface area contributed by atoms with Crippen molar-refractivity contribution < 1.29 is 4.92 Å². The summed E-state index contributed by atoms with van der Waals surface area (Å²) < 4.78 is 0. The van der Waals surface area contributed by atoms with Crippen molar-refractivity contribution >= 4 is 23.0 Å². The van der Waals surface area contributed by atoms with Crippen molar-refractivity contribution in [1.29, 1.82) is 0 Å². The molecule has 0 fully saturated rings. The van der Waals surface area contributed by atoms with Gasteiger partial charge in [-0.1, -0.05) is 18.2 Å². The fraction of sp³-hybridized carbons (Fsp3) is 0.167. The zero-order valence-corrected chi connectivity index (χ0v) is 11.1. The van der Waals surface area contributed by atoms with E-state index >= 15 is 0 Å². The van der Waals surface area contributed by atoms with Gasteiger partial charge in [0.05, 0.1) is 10.6 Å². The number of nitrogens with one attached hydrogen (secondary N) is 2. The molecule has 1 aromatic carbocycles. The van der Waals surface area contributed by atoms with Gasteiger partial charge in [0, 0.05) is 14.1 Å². The summed E-state index contributed by atoms with van der Waals surface area (Å²) in [6.07, 6.45) is 1.28. The highest BCUT2D eigenvalue weighted by Crippen LogP contribution is 2.30. The highest BCUT2D eigenvalue weighted by atomic mass is 16.6. The third-order valence-corrected chi connectivity index (χ3v) is 2.51. The van der Waals surface area contributed by atoms with Crippen LogP contribution < -0.4 is 15.8 Å². The molecular formula is C12H14N6O2. The summed E-state index contributed by atoms with van der Waals surface area (Å²) in [7, 11) is 3.37. The summed E-state index contributed by atoms with van der Waals surface area (Å²) in [5.41, 5.74) is 6.19. The summed E-state index contributed by atoms with van der Waals surface area (Å²) in [6, 6.07) is 9.23. The first-order chi connectivity index (χ1) is 9.59. The Bertz CT molecular complexity index is 602. The van der Waals surface area contributed by atoms with Crippen molar-refractivity contribution in [2.75, 3.05) is 29.8 Å². The molecule has 2 rings (SSSR count). The second kappa shape index (κ2) is 5.83. The van der Waals surface area contributed by atoms with Crippen molar-refractivity contribution in [1.82, 2.24) is 9.97 Å². The third kappa shape index (κ3) is 2.91. The quantitative estimate of drug-likeness (QED) is 0.634. The lowest BCUT2D eigenvalue weighted by molar-refractivity contribution is -0.383. The zero-order chi connectivity index (χ0) is 14.5. The van der Waals surface area contributed by atoms with Crippen molar-refractivity contribution in [3.05, 3.63) is 46.8 Å². The molecular weight excluding hydrogens is 260 g/mol. The van der Waals surface area contributed by atoms with E-state index in [-0.39, 0.29) is 17.3 Å². The fourth-order valence-corrected chi connectivity index (χ4v) is 1.61. The molecule has 8 nitrogen and oxygen atoms in total. The molecule has 0 saturated heterocycles. The molecule has 1 aromatic heterocycles. The first kappa shape index (κ1) is 13.5. The van der Waals surface area contributed by atoms with E-state index in [0.29, 0.717) is 0 Å². The molecule has 104 valence electrons. The molecule has 0 unspecified atom stereocenters. The molecule has 8 heteroatoms. The third-order valence-electron chi connectivity index (χ3n) is 2.51. The minimum absolute atomic E-state index is 0.109. The monoisotopic (exact) mass is 274 g/mol. The van der Waals surface area contributed by atoms with Crippen LogP contribution in [0.3, 0.4) is 0 Å². The molecule has 2 N–H and O–H groups in total. The number of hydrogen-bond acceptors (Lipinski definition) is 7. The average molecular weight is 274 g/mol. The summed E-state index contributed by atoms with van der Waals surface area (Å²) >= 11 is 0. The van der Waals surface area contributed by atoms with Gasteiger partial charge in [-0.05, 0) is 12.1 Å². The van der Waals surface area contributed by atoms with Crippen LogP contribution in [0.25, 0.3) is 0 Å². The Morgan fingerprint density at radius 2 is 1.85 bits per heavy atom. The molecule has 0 aliphatic heterocycles. The first-order valence-electron chi connectivity index (χ1n) is 5.83. The summed E-state index contributed by atoms with van der Waals surface area (Å²) in [5.74, 6) is 0.347. The molecule has 0 saturated carbocycles. The number of nitrogens with zero attached hydrogens (tertiary/aromatic N) is 4. The van der Waals surface area contributed by atoms with Crippen LogP contribution in [0.15, 0.2) is 36.7 Å². The van der Waals surface area contributed by atoms with Crippen molar-refractivity contribution in [3.8, 4) is 0 Å². The van der Waals surface area contributed by atoms with Crippen LogP contribution in [0, 0.1) is 10.1 Å². The van der Waals surface area contributed by atoms with Gasteiger partial charge in [0.25, 0.3) is 0 Å². The number of hydrogen-bond donors (Lipinski definition) is 2. The predicted molar refractivity (Wildman–Crippen MR) is 76.7 cm³/mol. The van der Waals surface area contributed by atoms with Crippen LogP contribution in [0.5, 0.6) is 0 Å². The number of hydrazine groups is 1. The smallest absolute Gasteiger partial charge is 0.355 e. The Balaban J connectivity index is 2.27. The molecule has 0 spiro atoms. The Kier molecular flexibility index (Phi) is 3.94. The lowest BCUT2D eigenvalue weighted by Gasteiger charge is -2.14. The second-order valence-corrected chi connectivity index (χ2v) is 4.16. The number of nitro groups is 1. The maximum atomic E-state index is 11.2. The Morgan fingerprint density at radius 1 is 1.15 bits per heavy atom. The highest BCUT2D eigenvalue weighted by Gasteiger charge is 2.24. The molecule has 2 aromatic rings. The summed E-state index contributed by atoms with van der Waals surface area (Å²) in [6.45, 7) is 0. The number of para-hydroxylation sites is 1. The van der Waals surface area contributed by atoms with Gasteiger partial charge < -0.3 is 4.90 Å². The van der Waals surface area contributed by atoms with E-state index in [0.717, 1.165) is 5.69 Å². The maximum Gasteiger partial charge on any atom is 0.355 e. The molecule has 0 aliphatic rings. The average Bonchev–Trinajstić information content (AvgIpc) is 2.45. The Hall–Kier alpha value is -2.90. The minimum Gasteiger partial charge on any atom is -0.357 e. The number of anilines is 3. The van der Waals surface area contributed by atoms with Gasteiger partial charge in [-0.2, -0.15) is 0 Å². The highest BCUT2D eigenvalue weighted by molar-refractivity contribution is 5.71. The van der Waals surface area contributed by atoms with Crippen LogP contribution in [-0.4, -0.2) is 29.0 Å². The summed E-state index contributed by atoms with van der Waals surface area (Å²) in [4.78, 5) is 20.1. The topological polar surface area (TPSA) is 96.2 Å². The van der Waals surface area contributed by atoms with Crippen molar-refractivity contribution in [2.45, 2.75) is 0 Å². The zero-order valence-electron chi connectivity index (χ0n) is 11.1. The van der Waals surface area contributed by atoms with Gasteiger partial charge in [-0.15, -0.1) is 0 Å². The van der Waals surface area contributed by atoms with Crippen LogP contribution >= 0.6 is 0 Å². The lowest BCUT2D eigenvalue weighted by atomic mass is 10.3. The molecule has 0 bridgehead atoms. The van der Waals surface area contributed by atoms with Crippen LogP contribution in [-0.2, 0) is 0 Å². The predicted octanol–water partition coefficient (Wildman–Crippen LogP) is 1.89. The van der Waals surface area contributed by atoms with Crippen LogP contribution in [0.1, 0.15) is 0 Å². The van der Waals surface area contributed by atoms with Gasteiger partial charge in [0.2, 0.25) is 11.6 Å². The minimum atomic E-state index is -0.510. The number of rotatable bonds is 5. The molecule has 0 amide bonds. The first-order valence-corrected chi connectivity index (χ1v) is 5.83. The molecule has 1 heterocycles. The van der Waals surface area contributed by atoms with Crippen molar-refractivity contribution in [3.63, 3.8) is 0 Å². The van der Waals surface area contributed by atoms with Gasteiger partial charge in [-0.25, -0.2) is 9.97 Å². The fourth-order valence-electron chi connectivity index (χ4n) is 1.61. The molecule has 20 heavy (non-hydrogen) atoms. The van der Waals surface area contributed by atoms with E-state index in [1.807, 2.05) is 30.3 Å².